The predicted octanol–water partition coefficient (Wildman–Crippen LogP) is 2.35. The summed E-state index contributed by atoms with van der Waals surface area (Å²) in [6.07, 6.45) is 0. The van der Waals surface area contributed by atoms with Gasteiger partial charge in [0.1, 0.15) is 9.52 Å². The largest absolute Gasteiger partial charge is 4.00 e. The third kappa shape index (κ3) is 9.85. The van der Waals surface area contributed by atoms with Crippen LogP contribution in [0.4, 0.5) is 5.69 Å². The Bertz CT molecular complexity index is 1440. The molecule has 0 spiro atoms. The molecule has 0 saturated carbocycles. The van der Waals surface area contributed by atoms with Crippen molar-refractivity contribution in [1.29, 1.82) is 0 Å². The second-order valence-electron chi connectivity index (χ2n) is 8.95. The van der Waals surface area contributed by atoms with Crippen LogP contribution in [0.2, 0.25) is 0 Å². The summed E-state index contributed by atoms with van der Waals surface area (Å²) in [5.74, 6) is 0. The Morgan fingerprint density at radius 3 is 1.31 bits per heavy atom. The number of rotatable bonds is 2. The zero-order valence-corrected chi connectivity index (χ0v) is 28.5. The van der Waals surface area contributed by atoms with E-state index >= 15 is 0 Å². The van der Waals surface area contributed by atoms with E-state index in [1.165, 1.54) is 37.5 Å². The molecule has 2 radical (unpaired) electrons. The van der Waals surface area contributed by atoms with Gasteiger partial charge in [0.05, 0.1) is 0 Å². The zero-order valence-electron chi connectivity index (χ0n) is 22.4. The quantitative estimate of drug-likeness (QED) is 0.193. The Labute approximate surface area is 266 Å². The molecule has 0 heterocycles. The van der Waals surface area contributed by atoms with Crippen molar-refractivity contribution >= 4 is 47.1 Å². The van der Waals surface area contributed by atoms with E-state index in [9.17, 15) is 0 Å². The number of benzene rings is 5. The molecule has 1 N–H and O–H groups in total. The van der Waals surface area contributed by atoms with Crippen LogP contribution >= 0.6 is 0 Å². The van der Waals surface area contributed by atoms with Crippen LogP contribution in [0.5, 0.6) is 0 Å². The summed E-state index contributed by atoms with van der Waals surface area (Å²) in [6.45, 7) is 6.00. The fraction of sp³-hybridized carbons (Fsp3) is 0.0882. The Morgan fingerprint density at radius 2 is 0.897 bits per heavy atom. The first-order valence-electron chi connectivity index (χ1n) is 12.2. The molecule has 194 valence electrons. The summed E-state index contributed by atoms with van der Waals surface area (Å²) >= 11 is 0. The molecule has 0 atom stereocenters. The van der Waals surface area contributed by atoms with Crippen LogP contribution in [0.1, 0.15) is 16.7 Å². The van der Waals surface area contributed by atoms with Gasteiger partial charge in [-0.15, -0.1) is 45.4 Å². The molecule has 0 aliphatic rings. The van der Waals surface area contributed by atoms with E-state index in [0.29, 0.717) is 5.69 Å². The van der Waals surface area contributed by atoms with Crippen molar-refractivity contribution in [2.24, 2.45) is 0 Å². The van der Waals surface area contributed by atoms with Crippen molar-refractivity contribution in [2.75, 3.05) is 0 Å². The van der Waals surface area contributed by atoms with Gasteiger partial charge in [0.25, 0.3) is 0 Å². The number of fused-ring (bicyclic) bond motifs is 3. The van der Waals surface area contributed by atoms with Gasteiger partial charge in [0.2, 0.25) is 0 Å². The van der Waals surface area contributed by atoms with Crippen molar-refractivity contribution in [2.45, 2.75) is 20.8 Å². The molecule has 0 unspecified atom stereocenters. The van der Waals surface area contributed by atoms with Gasteiger partial charge in [-0.05, 0) is 20.8 Å². The third-order valence-electron chi connectivity index (χ3n) is 6.04. The second-order valence-corrected chi connectivity index (χ2v) is 10.4. The van der Waals surface area contributed by atoms with Gasteiger partial charge in [0, 0.05) is 0 Å². The minimum atomic E-state index is 0. The minimum Gasteiger partial charge on any atom is -1.00 e. The Hall–Kier alpha value is -2.56. The van der Waals surface area contributed by atoms with Crippen molar-refractivity contribution in [1.82, 2.24) is 0 Å². The number of hydrogen-bond acceptors (Lipinski definition) is 0. The van der Waals surface area contributed by atoms with Gasteiger partial charge in [-0.3, -0.25) is 0 Å². The number of hydrogen-bond donors (Lipinski definition) is 0. The molecule has 5 heteroatoms. The van der Waals surface area contributed by atoms with Crippen LogP contribution in [-0.2, 0) is 25.8 Å². The van der Waals surface area contributed by atoms with Crippen LogP contribution in [0, 0.1) is 20.8 Å². The predicted molar refractivity (Wildman–Crippen MR) is 160 cm³/mol. The van der Waals surface area contributed by atoms with Gasteiger partial charge in [-0.1, -0.05) is 136 Å². The summed E-state index contributed by atoms with van der Waals surface area (Å²) in [6, 6.07) is 44.5. The van der Waals surface area contributed by atoms with Crippen LogP contribution in [0.25, 0.3) is 27.3 Å². The van der Waals surface area contributed by atoms with Crippen molar-refractivity contribution in [3.05, 3.63) is 150 Å². The monoisotopic (exact) mass is 731 g/mol. The number of halogens is 2. The molecule has 0 aliphatic heterocycles. The number of nitrogens with one attached hydrogen (secondary N) is 1. The normalized spacial score (nSPS) is 9.51. The zero-order chi connectivity index (χ0) is 25.3. The smallest absolute Gasteiger partial charge is 1.00 e. The van der Waals surface area contributed by atoms with Crippen molar-refractivity contribution in [3.8, 4) is 0 Å². The molecule has 6 rings (SSSR count). The van der Waals surface area contributed by atoms with Crippen molar-refractivity contribution < 1.29 is 50.7 Å². The Morgan fingerprint density at radius 1 is 0.538 bits per heavy atom. The fourth-order valence-corrected chi connectivity index (χ4v) is 5.35. The summed E-state index contributed by atoms with van der Waals surface area (Å²) in [5, 5.41) is 8.19. The molecule has 0 aliphatic carbocycles. The molecule has 0 saturated heterocycles. The topological polar surface area (TPSA) is 23.8 Å². The van der Waals surface area contributed by atoms with E-state index in [1.54, 1.807) is 0 Å². The van der Waals surface area contributed by atoms with E-state index in [-0.39, 0.29) is 50.7 Å². The maximum atomic E-state index is 7.54. The molecule has 1 nitrogen and oxygen atoms in total. The first-order valence-corrected chi connectivity index (χ1v) is 13.2. The summed E-state index contributed by atoms with van der Waals surface area (Å²) in [5.41, 5.74) is 11.6. The van der Waals surface area contributed by atoms with Gasteiger partial charge >= 0.3 is 25.8 Å². The average molecular weight is 731 g/mol. The molecular formula is C34H31Cl2HfNSi. The minimum absolute atomic E-state index is 0. The van der Waals surface area contributed by atoms with E-state index in [2.05, 4.69) is 122 Å². The van der Waals surface area contributed by atoms with Crippen molar-refractivity contribution in [3.63, 3.8) is 0 Å². The number of aryl methyl sites for hydroxylation is 3. The van der Waals surface area contributed by atoms with Crippen LogP contribution in [0.3, 0.4) is 0 Å². The van der Waals surface area contributed by atoms with Gasteiger partial charge < -0.3 is 30.5 Å². The first kappa shape index (κ1) is 34.5. The van der Waals surface area contributed by atoms with Crippen LogP contribution in [-0.4, -0.2) is 9.52 Å². The van der Waals surface area contributed by atoms with E-state index in [1.807, 2.05) is 26.0 Å². The molecule has 6 aromatic rings. The molecular weight excluding hydrogens is 700 g/mol. The van der Waals surface area contributed by atoms with Gasteiger partial charge in [-0.25, -0.2) is 0 Å². The maximum absolute atomic E-state index is 7.54. The van der Waals surface area contributed by atoms with Crippen LogP contribution in [0.15, 0.2) is 127 Å². The van der Waals surface area contributed by atoms with Gasteiger partial charge in [0.15, 0.2) is 0 Å². The third-order valence-corrected chi connectivity index (χ3v) is 7.28. The molecule has 39 heavy (non-hydrogen) atoms. The summed E-state index contributed by atoms with van der Waals surface area (Å²) in [4.78, 5) is 0. The molecule has 0 fully saturated rings. The Kier molecular flexibility index (Phi) is 15.2. The molecule has 0 bridgehead atoms. The summed E-state index contributed by atoms with van der Waals surface area (Å²) in [7, 11) is 0.777. The fourth-order valence-electron chi connectivity index (χ4n) is 4.29. The SMILES string of the molecule is Cc1cc(C)c([NH-])c(C)c1.[Cl-].[Cl-].[Hf+4].c1ccc([Si]c2ccccc2)cc1.c1ccc2c(c1)[cH-]c1ccccc12. The van der Waals surface area contributed by atoms with E-state index in [4.69, 9.17) is 5.73 Å². The standard InChI is InChI=1S/C13H9.C12H10Si.C9H12N.2ClH.Hf/c1-3-7-12-10(5-1)9-11-6-2-4-8-13(11)12;1-3-7-11(8-4-1)13-12-9-5-2-6-10-12;1-6-4-7(2)9(10)8(3)5-6;;;/h1-9H;1-10H;4-5,10H,1-3H3;2*1H;/q-1;;-1;;;+4/p-2. The molecule has 6 aromatic carbocycles. The van der Waals surface area contributed by atoms with Gasteiger partial charge in [-0.2, -0.15) is 0 Å². The van der Waals surface area contributed by atoms with E-state index < -0.39 is 0 Å². The summed E-state index contributed by atoms with van der Waals surface area (Å²) < 4.78 is 0. The van der Waals surface area contributed by atoms with Crippen LogP contribution < -0.4 is 35.2 Å². The van der Waals surface area contributed by atoms with E-state index in [0.717, 1.165) is 20.6 Å². The molecule has 0 aromatic heterocycles. The first-order chi connectivity index (χ1) is 17.5. The maximum Gasteiger partial charge on any atom is 4.00 e. The molecule has 0 amide bonds. The second kappa shape index (κ2) is 17.2. The Balaban J connectivity index is 0.000000285. The average Bonchev–Trinajstić information content (AvgIpc) is 3.28.